The van der Waals surface area contributed by atoms with E-state index in [-0.39, 0.29) is 17.9 Å². The molecule has 0 saturated carbocycles. The minimum absolute atomic E-state index is 0.194. The zero-order valence-corrected chi connectivity index (χ0v) is 13.4. The maximum atomic E-state index is 13.6. The summed E-state index contributed by atoms with van der Waals surface area (Å²) in [6, 6.07) is 7.33. The van der Waals surface area contributed by atoms with Gasteiger partial charge in [0.05, 0.1) is 17.7 Å². The lowest BCUT2D eigenvalue weighted by atomic mass is 10.1. The van der Waals surface area contributed by atoms with E-state index in [0.717, 1.165) is 18.9 Å². The summed E-state index contributed by atoms with van der Waals surface area (Å²) < 4.78 is 44.8. The summed E-state index contributed by atoms with van der Waals surface area (Å²) in [5, 5.41) is 2.33. The Labute approximate surface area is 142 Å². The van der Waals surface area contributed by atoms with E-state index in [1.807, 2.05) is 6.92 Å². The summed E-state index contributed by atoms with van der Waals surface area (Å²) in [5.74, 6) is -6.20. The van der Waals surface area contributed by atoms with Crippen LogP contribution in [0.5, 0.6) is 0 Å². The standard InChI is InChI=1S/C18H16F3NO3/c1-2-3-9-25-18(24)11-5-4-6-12(10-11)22-17(23)13-7-8-14(19)16(21)15(13)20/h4-8,10H,2-3,9H2,1H3,(H,22,23). The van der Waals surface area contributed by atoms with Crippen LogP contribution < -0.4 is 5.32 Å². The molecule has 2 aromatic rings. The normalized spacial score (nSPS) is 10.4. The van der Waals surface area contributed by atoms with E-state index in [1.54, 1.807) is 0 Å². The maximum Gasteiger partial charge on any atom is 0.338 e. The number of rotatable bonds is 6. The minimum Gasteiger partial charge on any atom is -0.462 e. The summed E-state index contributed by atoms with van der Waals surface area (Å²) in [7, 11) is 0. The maximum absolute atomic E-state index is 13.6. The van der Waals surface area contributed by atoms with Crippen molar-refractivity contribution in [2.45, 2.75) is 19.8 Å². The molecule has 0 spiro atoms. The first kappa shape index (κ1) is 18.5. The Balaban J connectivity index is 2.13. The molecule has 0 aromatic heterocycles. The lowest BCUT2D eigenvalue weighted by Crippen LogP contribution is -2.15. The molecule has 0 aliphatic carbocycles. The van der Waals surface area contributed by atoms with Crippen molar-refractivity contribution in [1.82, 2.24) is 0 Å². The number of anilines is 1. The highest BCUT2D eigenvalue weighted by atomic mass is 19.2. The van der Waals surface area contributed by atoms with E-state index in [0.29, 0.717) is 6.07 Å². The average Bonchev–Trinajstić information content (AvgIpc) is 2.60. The Bertz CT molecular complexity index is 793. The smallest absolute Gasteiger partial charge is 0.338 e. The number of carbonyl (C=O) groups is 2. The van der Waals surface area contributed by atoms with Crippen molar-refractivity contribution in [2.24, 2.45) is 0 Å². The van der Waals surface area contributed by atoms with Gasteiger partial charge in [-0.3, -0.25) is 4.79 Å². The van der Waals surface area contributed by atoms with E-state index in [1.165, 1.54) is 24.3 Å². The van der Waals surface area contributed by atoms with Crippen LogP contribution in [-0.4, -0.2) is 18.5 Å². The van der Waals surface area contributed by atoms with Gasteiger partial charge in [-0.15, -0.1) is 0 Å². The largest absolute Gasteiger partial charge is 0.462 e. The molecular weight excluding hydrogens is 335 g/mol. The fourth-order valence-corrected chi connectivity index (χ4v) is 2.02. The van der Waals surface area contributed by atoms with E-state index in [9.17, 15) is 22.8 Å². The Kier molecular flexibility index (Phi) is 6.16. The zero-order chi connectivity index (χ0) is 18.4. The first-order valence-corrected chi connectivity index (χ1v) is 7.66. The van der Waals surface area contributed by atoms with Gasteiger partial charge in [-0.2, -0.15) is 0 Å². The molecule has 1 amide bonds. The molecule has 0 aliphatic rings. The van der Waals surface area contributed by atoms with Crippen molar-refractivity contribution in [1.29, 1.82) is 0 Å². The third-order valence-electron chi connectivity index (χ3n) is 3.37. The topological polar surface area (TPSA) is 55.4 Å². The third-order valence-corrected chi connectivity index (χ3v) is 3.37. The van der Waals surface area contributed by atoms with Gasteiger partial charge < -0.3 is 10.1 Å². The van der Waals surface area contributed by atoms with Crippen molar-refractivity contribution in [3.05, 3.63) is 65.0 Å². The Morgan fingerprint density at radius 2 is 1.84 bits per heavy atom. The SMILES string of the molecule is CCCCOC(=O)c1cccc(NC(=O)c2ccc(F)c(F)c2F)c1. The second-order valence-electron chi connectivity index (χ2n) is 5.25. The minimum atomic E-state index is -1.72. The van der Waals surface area contributed by atoms with E-state index < -0.39 is 34.9 Å². The Morgan fingerprint density at radius 3 is 2.56 bits per heavy atom. The van der Waals surface area contributed by atoms with Gasteiger partial charge in [0.25, 0.3) is 5.91 Å². The Hall–Kier alpha value is -2.83. The van der Waals surface area contributed by atoms with Gasteiger partial charge in [0.1, 0.15) is 0 Å². The average molecular weight is 351 g/mol. The zero-order valence-electron chi connectivity index (χ0n) is 13.4. The highest BCUT2D eigenvalue weighted by Gasteiger charge is 2.19. The number of halogens is 3. The number of benzene rings is 2. The molecule has 0 heterocycles. The van der Waals surface area contributed by atoms with Crippen molar-refractivity contribution in [2.75, 3.05) is 11.9 Å². The molecule has 0 fully saturated rings. The van der Waals surface area contributed by atoms with Crippen LogP contribution in [0.3, 0.4) is 0 Å². The molecular formula is C18H16F3NO3. The number of unbranched alkanes of at least 4 members (excludes halogenated alkanes) is 1. The summed E-state index contributed by atoms with van der Waals surface area (Å²) in [6.45, 7) is 2.24. The molecule has 2 aromatic carbocycles. The number of ether oxygens (including phenoxy) is 1. The van der Waals surface area contributed by atoms with Crippen molar-refractivity contribution < 1.29 is 27.5 Å². The monoisotopic (exact) mass is 351 g/mol. The van der Waals surface area contributed by atoms with Crippen molar-refractivity contribution in [3.63, 3.8) is 0 Å². The molecule has 132 valence electrons. The second kappa shape index (κ2) is 8.32. The van der Waals surface area contributed by atoms with Gasteiger partial charge in [-0.05, 0) is 36.8 Å². The predicted octanol–water partition coefficient (Wildman–Crippen LogP) is 4.31. The van der Waals surface area contributed by atoms with Crippen LogP contribution in [0.15, 0.2) is 36.4 Å². The van der Waals surface area contributed by atoms with Crippen LogP contribution in [0.25, 0.3) is 0 Å². The number of hydrogen-bond acceptors (Lipinski definition) is 3. The summed E-state index contributed by atoms with van der Waals surface area (Å²) in [4.78, 5) is 23.9. The van der Waals surface area contributed by atoms with E-state index >= 15 is 0 Å². The van der Waals surface area contributed by atoms with Crippen LogP contribution in [0.2, 0.25) is 0 Å². The summed E-state index contributed by atoms with van der Waals surface area (Å²) in [6.07, 6.45) is 1.61. The lowest BCUT2D eigenvalue weighted by molar-refractivity contribution is 0.0499. The molecule has 0 atom stereocenters. The van der Waals surface area contributed by atoms with Gasteiger partial charge >= 0.3 is 5.97 Å². The summed E-state index contributed by atoms with van der Waals surface area (Å²) >= 11 is 0. The van der Waals surface area contributed by atoms with Gasteiger partial charge in [-0.25, -0.2) is 18.0 Å². The van der Waals surface area contributed by atoms with E-state index in [2.05, 4.69) is 5.32 Å². The quantitative estimate of drug-likeness (QED) is 0.479. The molecule has 4 nitrogen and oxygen atoms in total. The van der Waals surface area contributed by atoms with Gasteiger partial charge in [0.15, 0.2) is 17.5 Å². The number of nitrogens with one attached hydrogen (secondary N) is 1. The molecule has 25 heavy (non-hydrogen) atoms. The van der Waals surface area contributed by atoms with Gasteiger partial charge in [0.2, 0.25) is 0 Å². The lowest BCUT2D eigenvalue weighted by Gasteiger charge is -2.09. The molecule has 0 saturated heterocycles. The van der Waals surface area contributed by atoms with Crippen LogP contribution in [0.4, 0.5) is 18.9 Å². The van der Waals surface area contributed by atoms with Crippen LogP contribution in [0.1, 0.15) is 40.5 Å². The predicted molar refractivity (Wildman–Crippen MR) is 85.9 cm³/mol. The molecule has 1 N–H and O–H groups in total. The van der Waals surface area contributed by atoms with E-state index in [4.69, 9.17) is 4.74 Å². The molecule has 0 bridgehead atoms. The highest BCUT2D eigenvalue weighted by Crippen LogP contribution is 2.18. The molecule has 2 rings (SSSR count). The molecule has 7 heteroatoms. The third kappa shape index (κ3) is 4.59. The van der Waals surface area contributed by atoms with Crippen LogP contribution in [-0.2, 0) is 4.74 Å². The molecule has 0 aliphatic heterocycles. The summed E-state index contributed by atoms with van der Waals surface area (Å²) in [5.41, 5.74) is -0.242. The second-order valence-corrected chi connectivity index (χ2v) is 5.25. The molecule has 0 radical (unpaired) electrons. The number of hydrogen-bond donors (Lipinski definition) is 1. The number of amides is 1. The van der Waals surface area contributed by atoms with Crippen molar-refractivity contribution in [3.8, 4) is 0 Å². The first-order chi connectivity index (χ1) is 11.9. The Morgan fingerprint density at radius 1 is 1.08 bits per heavy atom. The molecule has 0 unspecified atom stereocenters. The van der Waals surface area contributed by atoms with Gasteiger partial charge in [-0.1, -0.05) is 19.4 Å². The fraction of sp³-hybridized carbons (Fsp3) is 0.222. The van der Waals surface area contributed by atoms with Crippen molar-refractivity contribution >= 4 is 17.6 Å². The van der Waals surface area contributed by atoms with Crippen LogP contribution in [0, 0.1) is 17.5 Å². The number of carbonyl (C=O) groups excluding carboxylic acids is 2. The van der Waals surface area contributed by atoms with Crippen LogP contribution >= 0.6 is 0 Å². The fourth-order valence-electron chi connectivity index (χ4n) is 2.02. The first-order valence-electron chi connectivity index (χ1n) is 7.66. The van der Waals surface area contributed by atoms with Gasteiger partial charge in [0, 0.05) is 5.69 Å². The highest BCUT2D eigenvalue weighted by molar-refractivity contribution is 6.05. The number of esters is 1.